The maximum Gasteiger partial charge on any atom is 0.144 e. The van der Waals surface area contributed by atoms with Crippen molar-refractivity contribution < 1.29 is 0 Å². The highest BCUT2D eigenvalue weighted by molar-refractivity contribution is 6.29. The molecule has 1 aromatic rings. The van der Waals surface area contributed by atoms with Gasteiger partial charge in [-0.1, -0.05) is 11.6 Å². The van der Waals surface area contributed by atoms with Crippen molar-refractivity contribution in [2.24, 2.45) is 0 Å². The van der Waals surface area contributed by atoms with Gasteiger partial charge in [0.25, 0.3) is 0 Å². The fourth-order valence-electron chi connectivity index (χ4n) is 2.45. The normalized spacial score (nSPS) is 18.5. The van der Waals surface area contributed by atoms with Crippen LogP contribution in [0.2, 0.25) is 5.15 Å². The van der Waals surface area contributed by atoms with E-state index < -0.39 is 0 Å². The lowest BCUT2D eigenvalue weighted by Gasteiger charge is -2.34. The van der Waals surface area contributed by atoms with Crippen molar-refractivity contribution in [1.82, 2.24) is 19.8 Å². The first-order valence-electron chi connectivity index (χ1n) is 6.43. The molecule has 0 amide bonds. The lowest BCUT2D eigenvalue weighted by Crippen LogP contribution is -2.41. The summed E-state index contributed by atoms with van der Waals surface area (Å²) in [6.45, 7) is 4.98. The third kappa shape index (κ3) is 3.64. The van der Waals surface area contributed by atoms with Crippen molar-refractivity contribution in [1.29, 1.82) is 0 Å². The Hall–Kier alpha value is -0.710. The van der Waals surface area contributed by atoms with Crippen LogP contribution in [0.1, 0.15) is 24.4 Å². The average Bonchev–Trinajstić information content (AvgIpc) is 2.28. The molecule has 1 aromatic heterocycles. The van der Waals surface area contributed by atoms with E-state index in [0.717, 1.165) is 31.2 Å². The van der Waals surface area contributed by atoms with Gasteiger partial charge in [-0.3, -0.25) is 4.90 Å². The molecule has 100 valence electrons. The van der Waals surface area contributed by atoms with E-state index in [0.29, 0.717) is 11.2 Å². The van der Waals surface area contributed by atoms with Crippen molar-refractivity contribution in [3.05, 3.63) is 22.7 Å². The molecule has 0 spiro atoms. The Bertz CT molecular complexity index is 380. The van der Waals surface area contributed by atoms with Gasteiger partial charge in [-0.2, -0.15) is 0 Å². The Kier molecular flexibility index (Phi) is 4.54. The minimum atomic E-state index is 0.542. The zero-order valence-corrected chi connectivity index (χ0v) is 12.1. The molecule has 2 rings (SSSR count). The summed E-state index contributed by atoms with van der Waals surface area (Å²) >= 11 is 5.96. The van der Waals surface area contributed by atoms with E-state index in [4.69, 9.17) is 11.6 Å². The van der Waals surface area contributed by atoms with E-state index in [1.165, 1.54) is 12.8 Å². The number of likely N-dealkylation sites (tertiary alicyclic amines) is 1. The minimum absolute atomic E-state index is 0.542. The summed E-state index contributed by atoms with van der Waals surface area (Å²) in [5.41, 5.74) is 0.938. The molecule has 0 saturated carbocycles. The SMILES string of the molecule is Cc1cc(Cl)nc(CN2CCC(N(C)C)CC2)n1. The number of piperidine rings is 1. The van der Waals surface area contributed by atoms with Crippen LogP contribution < -0.4 is 0 Å². The molecule has 2 heterocycles. The number of aromatic nitrogens is 2. The summed E-state index contributed by atoms with van der Waals surface area (Å²) < 4.78 is 0. The van der Waals surface area contributed by atoms with Gasteiger partial charge in [0.1, 0.15) is 11.0 Å². The van der Waals surface area contributed by atoms with Gasteiger partial charge in [-0.15, -0.1) is 0 Å². The molecular weight excluding hydrogens is 248 g/mol. The molecule has 1 fully saturated rings. The molecule has 4 nitrogen and oxygen atoms in total. The first-order valence-corrected chi connectivity index (χ1v) is 6.81. The summed E-state index contributed by atoms with van der Waals surface area (Å²) in [6, 6.07) is 2.51. The zero-order chi connectivity index (χ0) is 13.1. The van der Waals surface area contributed by atoms with E-state index in [-0.39, 0.29) is 0 Å². The predicted octanol–water partition coefficient (Wildman–Crippen LogP) is 1.96. The number of rotatable bonds is 3. The van der Waals surface area contributed by atoms with Gasteiger partial charge in [0.05, 0.1) is 6.54 Å². The molecule has 1 saturated heterocycles. The Balaban J connectivity index is 1.91. The lowest BCUT2D eigenvalue weighted by atomic mass is 10.0. The van der Waals surface area contributed by atoms with Crippen LogP contribution in [-0.2, 0) is 6.54 Å². The van der Waals surface area contributed by atoms with Crippen LogP contribution in [-0.4, -0.2) is 53.0 Å². The zero-order valence-electron chi connectivity index (χ0n) is 11.4. The van der Waals surface area contributed by atoms with Crippen LogP contribution in [0.15, 0.2) is 6.07 Å². The summed E-state index contributed by atoms with van der Waals surface area (Å²) in [6.07, 6.45) is 2.43. The third-order valence-electron chi connectivity index (χ3n) is 3.52. The minimum Gasteiger partial charge on any atom is -0.306 e. The van der Waals surface area contributed by atoms with Gasteiger partial charge in [-0.25, -0.2) is 9.97 Å². The van der Waals surface area contributed by atoms with E-state index >= 15 is 0 Å². The van der Waals surface area contributed by atoms with E-state index in [9.17, 15) is 0 Å². The lowest BCUT2D eigenvalue weighted by molar-refractivity contribution is 0.137. The maximum absolute atomic E-state index is 5.96. The van der Waals surface area contributed by atoms with Crippen LogP contribution in [0, 0.1) is 6.92 Å². The Labute approximate surface area is 114 Å². The fraction of sp³-hybridized carbons (Fsp3) is 0.692. The number of nitrogens with zero attached hydrogens (tertiary/aromatic N) is 4. The molecule has 1 aliphatic heterocycles. The molecular formula is C13H21ClN4. The third-order valence-corrected chi connectivity index (χ3v) is 3.72. The molecule has 0 aromatic carbocycles. The van der Waals surface area contributed by atoms with Gasteiger partial charge in [0, 0.05) is 24.8 Å². The molecule has 0 aliphatic carbocycles. The molecule has 0 unspecified atom stereocenters. The van der Waals surface area contributed by atoms with Crippen LogP contribution in [0.4, 0.5) is 0 Å². The van der Waals surface area contributed by atoms with E-state index in [1.807, 2.05) is 6.92 Å². The van der Waals surface area contributed by atoms with E-state index in [2.05, 4.69) is 33.9 Å². The van der Waals surface area contributed by atoms with Gasteiger partial charge in [0.2, 0.25) is 0 Å². The second-order valence-electron chi connectivity index (χ2n) is 5.22. The van der Waals surface area contributed by atoms with Crippen molar-refractivity contribution in [3.63, 3.8) is 0 Å². The summed E-state index contributed by atoms with van der Waals surface area (Å²) in [5, 5.41) is 0.542. The quantitative estimate of drug-likeness (QED) is 0.785. The molecule has 0 N–H and O–H groups in total. The van der Waals surface area contributed by atoms with Crippen LogP contribution >= 0.6 is 11.6 Å². The van der Waals surface area contributed by atoms with Crippen molar-refractivity contribution in [2.45, 2.75) is 32.4 Å². The molecule has 18 heavy (non-hydrogen) atoms. The molecule has 0 radical (unpaired) electrons. The maximum atomic E-state index is 5.96. The first kappa shape index (κ1) is 13.7. The van der Waals surface area contributed by atoms with Crippen LogP contribution in [0.3, 0.4) is 0 Å². The average molecular weight is 269 g/mol. The largest absolute Gasteiger partial charge is 0.306 e. The topological polar surface area (TPSA) is 32.3 Å². The molecule has 0 atom stereocenters. The summed E-state index contributed by atoms with van der Waals surface area (Å²) in [7, 11) is 4.31. The highest BCUT2D eigenvalue weighted by atomic mass is 35.5. The molecule has 0 bridgehead atoms. The summed E-state index contributed by atoms with van der Waals surface area (Å²) in [5.74, 6) is 0.836. The second-order valence-corrected chi connectivity index (χ2v) is 5.61. The monoisotopic (exact) mass is 268 g/mol. The predicted molar refractivity (Wildman–Crippen MR) is 73.8 cm³/mol. The van der Waals surface area contributed by atoms with Crippen LogP contribution in [0.25, 0.3) is 0 Å². The van der Waals surface area contributed by atoms with Gasteiger partial charge in [0.15, 0.2) is 0 Å². The second kappa shape index (κ2) is 5.95. The molecule has 1 aliphatic rings. The van der Waals surface area contributed by atoms with Crippen molar-refractivity contribution in [2.75, 3.05) is 27.2 Å². The van der Waals surface area contributed by atoms with Gasteiger partial charge >= 0.3 is 0 Å². The van der Waals surface area contributed by atoms with Gasteiger partial charge < -0.3 is 4.90 Å². The molecule has 5 heteroatoms. The van der Waals surface area contributed by atoms with Gasteiger partial charge in [-0.05, 0) is 39.9 Å². The fourth-order valence-corrected chi connectivity index (χ4v) is 2.71. The summed E-state index contributed by atoms with van der Waals surface area (Å²) in [4.78, 5) is 13.4. The Morgan fingerprint density at radius 1 is 1.33 bits per heavy atom. The first-order chi connectivity index (χ1) is 8.54. The van der Waals surface area contributed by atoms with Crippen LogP contribution in [0.5, 0.6) is 0 Å². The smallest absolute Gasteiger partial charge is 0.144 e. The van der Waals surface area contributed by atoms with E-state index in [1.54, 1.807) is 6.07 Å². The number of hydrogen-bond acceptors (Lipinski definition) is 4. The standard InChI is InChI=1S/C13H21ClN4/c1-10-8-12(14)16-13(15-10)9-18-6-4-11(5-7-18)17(2)3/h8,11H,4-7,9H2,1-3H3. The Morgan fingerprint density at radius 2 is 2.00 bits per heavy atom. The number of aryl methyl sites for hydroxylation is 1. The number of hydrogen-bond donors (Lipinski definition) is 0. The number of halogens is 1. The highest BCUT2D eigenvalue weighted by Gasteiger charge is 2.21. The highest BCUT2D eigenvalue weighted by Crippen LogP contribution is 2.16. The van der Waals surface area contributed by atoms with Crippen molar-refractivity contribution in [3.8, 4) is 0 Å². The van der Waals surface area contributed by atoms with Crippen molar-refractivity contribution >= 4 is 11.6 Å². The Morgan fingerprint density at radius 3 is 2.56 bits per heavy atom.